The Balaban J connectivity index is 1.89. The molecule has 0 saturated carbocycles. The van der Waals surface area contributed by atoms with Gasteiger partial charge in [-0.3, -0.25) is 4.90 Å². The summed E-state index contributed by atoms with van der Waals surface area (Å²) >= 11 is 0. The quantitative estimate of drug-likeness (QED) is 0.823. The number of nitrogens with zero attached hydrogens (tertiary/aromatic N) is 1. The summed E-state index contributed by atoms with van der Waals surface area (Å²) in [5.74, 6) is 0. The van der Waals surface area contributed by atoms with Gasteiger partial charge in [0.25, 0.3) is 0 Å². The molecule has 2 rings (SSSR count). The fourth-order valence-corrected chi connectivity index (χ4v) is 2.23. The highest BCUT2D eigenvalue weighted by Crippen LogP contribution is 2.06. The fraction of sp³-hybridized carbons (Fsp3) is 0.294. The lowest BCUT2D eigenvalue weighted by molar-refractivity contribution is 0.276. The van der Waals surface area contributed by atoms with Gasteiger partial charge in [-0.25, -0.2) is 0 Å². The molecule has 0 amide bonds. The van der Waals surface area contributed by atoms with Crippen molar-refractivity contribution in [2.24, 2.45) is 5.73 Å². The topological polar surface area (TPSA) is 29.3 Å². The van der Waals surface area contributed by atoms with Gasteiger partial charge in [0.05, 0.1) is 0 Å². The van der Waals surface area contributed by atoms with Crippen LogP contribution in [0.4, 0.5) is 0 Å². The minimum Gasteiger partial charge on any atom is -0.329 e. The molecule has 2 heteroatoms. The molecule has 0 aliphatic carbocycles. The number of nitrogens with two attached hydrogens (primary N) is 1. The second-order valence-corrected chi connectivity index (χ2v) is 4.79. The Labute approximate surface area is 115 Å². The van der Waals surface area contributed by atoms with Crippen LogP contribution in [0, 0.1) is 0 Å². The van der Waals surface area contributed by atoms with Gasteiger partial charge in [-0.05, 0) is 17.5 Å². The normalized spacial score (nSPS) is 10.8. The van der Waals surface area contributed by atoms with E-state index in [0.29, 0.717) is 6.54 Å². The molecule has 0 spiro atoms. The average molecular weight is 254 g/mol. The third kappa shape index (κ3) is 4.86. The van der Waals surface area contributed by atoms with Crippen molar-refractivity contribution in [3.63, 3.8) is 0 Å². The molecule has 100 valence electrons. The first kappa shape index (κ1) is 13.8. The van der Waals surface area contributed by atoms with Crippen molar-refractivity contribution in [2.45, 2.75) is 13.0 Å². The fourth-order valence-electron chi connectivity index (χ4n) is 2.23. The first-order valence-corrected chi connectivity index (χ1v) is 6.89. The molecule has 0 bridgehead atoms. The van der Waals surface area contributed by atoms with E-state index in [1.807, 2.05) is 0 Å². The van der Waals surface area contributed by atoms with Crippen molar-refractivity contribution in [1.29, 1.82) is 0 Å². The highest BCUT2D eigenvalue weighted by Gasteiger charge is 2.05. The van der Waals surface area contributed by atoms with E-state index in [9.17, 15) is 0 Å². The molecule has 0 aliphatic heterocycles. The van der Waals surface area contributed by atoms with Crippen LogP contribution in [0.1, 0.15) is 11.1 Å². The largest absolute Gasteiger partial charge is 0.329 e. The van der Waals surface area contributed by atoms with E-state index in [-0.39, 0.29) is 0 Å². The molecule has 0 atom stereocenters. The maximum atomic E-state index is 5.71. The van der Waals surface area contributed by atoms with Gasteiger partial charge in [-0.2, -0.15) is 0 Å². The number of hydrogen-bond acceptors (Lipinski definition) is 2. The van der Waals surface area contributed by atoms with E-state index in [0.717, 1.165) is 26.1 Å². The van der Waals surface area contributed by atoms with Crippen molar-refractivity contribution in [3.8, 4) is 0 Å². The Morgan fingerprint density at radius 2 is 1.32 bits per heavy atom. The van der Waals surface area contributed by atoms with Crippen LogP contribution >= 0.6 is 0 Å². The highest BCUT2D eigenvalue weighted by molar-refractivity contribution is 5.16. The van der Waals surface area contributed by atoms with Crippen molar-refractivity contribution in [2.75, 3.05) is 19.6 Å². The standard InChI is InChI=1S/C17H22N2/c18-12-14-19(15-17-9-5-2-6-10-17)13-11-16-7-3-1-4-8-16/h1-10H,11-15,18H2. The smallest absolute Gasteiger partial charge is 0.0234 e. The Bertz CT molecular complexity index is 453. The van der Waals surface area contributed by atoms with Crippen LogP contribution in [0.3, 0.4) is 0 Å². The predicted molar refractivity (Wildman–Crippen MR) is 80.9 cm³/mol. The van der Waals surface area contributed by atoms with Gasteiger partial charge in [0.2, 0.25) is 0 Å². The molecule has 0 heterocycles. The molecule has 0 unspecified atom stereocenters. The molecule has 0 aliphatic rings. The van der Waals surface area contributed by atoms with Gasteiger partial charge in [-0.1, -0.05) is 60.7 Å². The highest BCUT2D eigenvalue weighted by atomic mass is 15.1. The van der Waals surface area contributed by atoms with Crippen molar-refractivity contribution in [1.82, 2.24) is 4.90 Å². The van der Waals surface area contributed by atoms with Gasteiger partial charge < -0.3 is 5.73 Å². The Morgan fingerprint density at radius 1 is 0.737 bits per heavy atom. The number of rotatable bonds is 7. The monoisotopic (exact) mass is 254 g/mol. The van der Waals surface area contributed by atoms with Gasteiger partial charge in [0, 0.05) is 26.2 Å². The Morgan fingerprint density at radius 3 is 1.89 bits per heavy atom. The summed E-state index contributed by atoms with van der Waals surface area (Å²) in [5, 5.41) is 0. The molecular weight excluding hydrogens is 232 g/mol. The first-order valence-electron chi connectivity index (χ1n) is 6.89. The van der Waals surface area contributed by atoms with Crippen LogP contribution in [-0.4, -0.2) is 24.5 Å². The van der Waals surface area contributed by atoms with E-state index < -0.39 is 0 Å². The Hall–Kier alpha value is -1.64. The van der Waals surface area contributed by atoms with Crippen LogP contribution in [0.25, 0.3) is 0 Å². The van der Waals surface area contributed by atoms with Gasteiger partial charge >= 0.3 is 0 Å². The van der Waals surface area contributed by atoms with E-state index >= 15 is 0 Å². The summed E-state index contributed by atoms with van der Waals surface area (Å²) in [6, 6.07) is 21.2. The maximum Gasteiger partial charge on any atom is 0.0234 e. The van der Waals surface area contributed by atoms with E-state index in [2.05, 4.69) is 65.6 Å². The summed E-state index contributed by atoms with van der Waals surface area (Å²) in [4.78, 5) is 2.42. The first-order chi connectivity index (χ1) is 9.38. The minimum atomic E-state index is 0.710. The number of hydrogen-bond donors (Lipinski definition) is 1. The van der Waals surface area contributed by atoms with E-state index in [4.69, 9.17) is 5.73 Å². The predicted octanol–water partition coefficient (Wildman–Crippen LogP) is 2.69. The zero-order valence-corrected chi connectivity index (χ0v) is 11.3. The molecule has 19 heavy (non-hydrogen) atoms. The summed E-state index contributed by atoms with van der Waals surface area (Å²) in [5.41, 5.74) is 8.45. The molecule has 2 aromatic rings. The van der Waals surface area contributed by atoms with Crippen molar-refractivity contribution in [3.05, 3.63) is 71.8 Å². The second kappa shape index (κ2) is 7.72. The zero-order valence-electron chi connectivity index (χ0n) is 11.3. The van der Waals surface area contributed by atoms with Gasteiger partial charge in [0.1, 0.15) is 0 Å². The Kier molecular flexibility index (Phi) is 5.60. The van der Waals surface area contributed by atoms with Crippen molar-refractivity contribution < 1.29 is 0 Å². The molecule has 0 saturated heterocycles. The molecular formula is C17H22N2. The number of benzene rings is 2. The third-order valence-electron chi connectivity index (χ3n) is 3.25. The SMILES string of the molecule is NCCN(CCc1ccccc1)Cc1ccccc1. The summed E-state index contributed by atoms with van der Waals surface area (Å²) in [6.45, 7) is 3.68. The van der Waals surface area contributed by atoms with Crippen LogP contribution in [-0.2, 0) is 13.0 Å². The van der Waals surface area contributed by atoms with Gasteiger partial charge in [0.15, 0.2) is 0 Å². The molecule has 2 nitrogen and oxygen atoms in total. The summed E-state index contributed by atoms with van der Waals surface area (Å²) in [6.07, 6.45) is 1.08. The molecule has 2 N–H and O–H groups in total. The molecule has 0 fully saturated rings. The summed E-state index contributed by atoms with van der Waals surface area (Å²) < 4.78 is 0. The van der Waals surface area contributed by atoms with Crippen LogP contribution in [0.5, 0.6) is 0 Å². The molecule has 0 aromatic heterocycles. The lowest BCUT2D eigenvalue weighted by Crippen LogP contribution is -2.31. The van der Waals surface area contributed by atoms with Gasteiger partial charge in [-0.15, -0.1) is 0 Å². The molecule has 0 radical (unpaired) electrons. The lowest BCUT2D eigenvalue weighted by atomic mass is 10.1. The average Bonchev–Trinajstić information content (AvgIpc) is 2.47. The zero-order chi connectivity index (χ0) is 13.3. The lowest BCUT2D eigenvalue weighted by Gasteiger charge is -2.21. The van der Waals surface area contributed by atoms with Crippen LogP contribution in [0.15, 0.2) is 60.7 Å². The third-order valence-corrected chi connectivity index (χ3v) is 3.25. The van der Waals surface area contributed by atoms with Crippen LogP contribution < -0.4 is 5.73 Å². The second-order valence-electron chi connectivity index (χ2n) is 4.79. The van der Waals surface area contributed by atoms with Crippen molar-refractivity contribution >= 4 is 0 Å². The minimum absolute atomic E-state index is 0.710. The van der Waals surface area contributed by atoms with E-state index in [1.165, 1.54) is 11.1 Å². The molecule has 2 aromatic carbocycles. The van der Waals surface area contributed by atoms with E-state index in [1.54, 1.807) is 0 Å². The van der Waals surface area contributed by atoms with Crippen LogP contribution in [0.2, 0.25) is 0 Å². The maximum absolute atomic E-state index is 5.71. The summed E-state index contributed by atoms with van der Waals surface area (Å²) in [7, 11) is 0.